The first-order chi connectivity index (χ1) is 9.89. The average Bonchev–Trinajstić information content (AvgIpc) is 2.43. The van der Waals surface area contributed by atoms with Gasteiger partial charge < -0.3 is 20.8 Å². The lowest BCUT2D eigenvalue weighted by Gasteiger charge is -2.23. The van der Waals surface area contributed by atoms with Gasteiger partial charge in [0.1, 0.15) is 0 Å². The van der Waals surface area contributed by atoms with E-state index in [1.807, 2.05) is 12.1 Å². The van der Waals surface area contributed by atoms with Gasteiger partial charge in [0.2, 0.25) is 0 Å². The molecule has 6 heteroatoms. The van der Waals surface area contributed by atoms with Crippen LogP contribution in [0.15, 0.2) is 18.2 Å². The second kappa shape index (κ2) is 6.24. The molecular formula is C15H20N2O4. The van der Waals surface area contributed by atoms with Crippen molar-refractivity contribution in [3.8, 4) is 0 Å². The number of fused-ring (bicyclic) bond motifs is 1. The van der Waals surface area contributed by atoms with Crippen LogP contribution in [0.4, 0.5) is 0 Å². The molecule has 21 heavy (non-hydrogen) atoms. The molecule has 0 bridgehead atoms. The quantitative estimate of drug-likeness (QED) is 0.625. The van der Waals surface area contributed by atoms with Crippen molar-refractivity contribution in [2.75, 3.05) is 13.1 Å². The summed E-state index contributed by atoms with van der Waals surface area (Å²) in [6, 6.07) is 5.57. The number of amides is 1. The highest BCUT2D eigenvalue weighted by Crippen LogP contribution is 2.19. The summed E-state index contributed by atoms with van der Waals surface area (Å²) in [5, 5.41) is 24.5. The van der Waals surface area contributed by atoms with Gasteiger partial charge in [-0.25, -0.2) is 0 Å². The summed E-state index contributed by atoms with van der Waals surface area (Å²) >= 11 is 0. The third-order valence-corrected chi connectivity index (χ3v) is 3.55. The Morgan fingerprint density at radius 2 is 2.19 bits per heavy atom. The maximum absolute atomic E-state index is 12.3. The molecule has 0 aliphatic carbocycles. The molecule has 6 nitrogen and oxygen atoms in total. The van der Waals surface area contributed by atoms with Crippen LogP contribution in [-0.2, 0) is 17.8 Å². The third kappa shape index (κ3) is 4.03. The number of hydrogen-bond donors (Lipinski definition) is 4. The Balaban J connectivity index is 2.06. The Morgan fingerprint density at radius 1 is 1.43 bits per heavy atom. The monoisotopic (exact) mass is 292 g/mol. The molecular weight excluding hydrogens is 272 g/mol. The average molecular weight is 292 g/mol. The number of hydrogen-bond acceptors (Lipinski definition) is 4. The molecule has 1 amide bonds. The molecule has 0 aromatic heterocycles. The Labute approximate surface area is 123 Å². The van der Waals surface area contributed by atoms with Crippen LogP contribution in [0.2, 0.25) is 0 Å². The van der Waals surface area contributed by atoms with Crippen molar-refractivity contribution in [3.63, 3.8) is 0 Å². The summed E-state index contributed by atoms with van der Waals surface area (Å²) < 4.78 is 0. The first-order valence-electron chi connectivity index (χ1n) is 6.93. The molecule has 2 rings (SSSR count). The van der Waals surface area contributed by atoms with E-state index >= 15 is 0 Å². The molecule has 0 saturated carbocycles. The minimum Gasteiger partial charge on any atom is -0.481 e. The molecule has 1 aromatic carbocycles. The van der Waals surface area contributed by atoms with Gasteiger partial charge in [0.15, 0.2) is 0 Å². The standard InChI is InChI=1S/C15H20N2O4/c1-15(21,7-13(18)19)9-17-14(20)12-4-2-3-10-8-16-6-5-11(10)12/h2-4,16,21H,5-9H2,1H3,(H,17,20)(H,18,19). The molecule has 0 spiro atoms. The summed E-state index contributed by atoms with van der Waals surface area (Å²) in [6.45, 7) is 2.87. The first kappa shape index (κ1) is 15.5. The summed E-state index contributed by atoms with van der Waals surface area (Å²) in [5.41, 5.74) is 1.26. The fraction of sp³-hybridized carbons (Fsp3) is 0.467. The summed E-state index contributed by atoms with van der Waals surface area (Å²) in [7, 11) is 0. The number of rotatable bonds is 5. The highest BCUT2D eigenvalue weighted by molar-refractivity contribution is 5.96. The molecule has 1 atom stereocenters. The van der Waals surface area contributed by atoms with E-state index in [4.69, 9.17) is 5.11 Å². The lowest BCUT2D eigenvalue weighted by Crippen LogP contribution is -2.42. The zero-order chi connectivity index (χ0) is 15.5. The largest absolute Gasteiger partial charge is 0.481 e. The molecule has 0 saturated heterocycles. The molecule has 1 unspecified atom stereocenters. The fourth-order valence-corrected chi connectivity index (χ4v) is 2.50. The number of carbonyl (C=O) groups excluding carboxylic acids is 1. The van der Waals surface area contributed by atoms with Crippen LogP contribution in [0.3, 0.4) is 0 Å². The van der Waals surface area contributed by atoms with Gasteiger partial charge in [0, 0.05) is 18.7 Å². The van der Waals surface area contributed by atoms with Gasteiger partial charge >= 0.3 is 5.97 Å². The molecule has 1 heterocycles. The van der Waals surface area contributed by atoms with Gasteiger partial charge in [0.05, 0.1) is 12.0 Å². The first-order valence-corrected chi connectivity index (χ1v) is 6.93. The normalized spacial score (nSPS) is 16.7. The topological polar surface area (TPSA) is 98.7 Å². The van der Waals surface area contributed by atoms with Crippen LogP contribution in [0.25, 0.3) is 0 Å². The highest BCUT2D eigenvalue weighted by Gasteiger charge is 2.26. The molecule has 4 N–H and O–H groups in total. The maximum Gasteiger partial charge on any atom is 0.306 e. The summed E-state index contributed by atoms with van der Waals surface area (Å²) in [6.07, 6.45) is 0.370. The van der Waals surface area contributed by atoms with E-state index in [1.54, 1.807) is 6.07 Å². The summed E-state index contributed by atoms with van der Waals surface area (Å²) in [4.78, 5) is 22.9. The lowest BCUT2D eigenvalue weighted by atomic mass is 9.94. The van der Waals surface area contributed by atoms with Gasteiger partial charge in [0.25, 0.3) is 5.91 Å². The van der Waals surface area contributed by atoms with E-state index in [1.165, 1.54) is 6.92 Å². The van der Waals surface area contributed by atoms with Gasteiger partial charge in [-0.2, -0.15) is 0 Å². The lowest BCUT2D eigenvalue weighted by molar-refractivity contribution is -0.141. The molecule has 114 valence electrons. The zero-order valence-electron chi connectivity index (χ0n) is 12.0. The number of aliphatic hydroxyl groups is 1. The highest BCUT2D eigenvalue weighted by atomic mass is 16.4. The third-order valence-electron chi connectivity index (χ3n) is 3.55. The molecule has 1 aliphatic heterocycles. The van der Waals surface area contributed by atoms with Crippen molar-refractivity contribution in [3.05, 3.63) is 34.9 Å². The van der Waals surface area contributed by atoms with Crippen LogP contribution >= 0.6 is 0 Å². The SMILES string of the molecule is CC(O)(CNC(=O)c1cccc2c1CCNC2)CC(=O)O. The minimum absolute atomic E-state index is 0.0972. The van der Waals surface area contributed by atoms with E-state index in [0.29, 0.717) is 5.56 Å². The molecule has 0 fully saturated rings. The number of aliphatic carboxylic acids is 1. The zero-order valence-corrected chi connectivity index (χ0v) is 12.0. The van der Waals surface area contributed by atoms with Crippen molar-refractivity contribution >= 4 is 11.9 Å². The van der Waals surface area contributed by atoms with Gasteiger partial charge in [-0.05, 0) is 37.1 Å². The second-order valence-corrected chi connectivity index (χ2v) is 5.62. The number of carboxylic acid groups (broad SMARTS) is 1. The predicted molar refractivity (Wildman–Crippen MR) is 77.1 cm³/mol. The van der Waals surface area contributed by atoms with Gasteiger partial charge in [-0.1, -0.05) is 12.1 Å². The number of nitrogens with one attached hydrogen (secondary N) is 2. The van der Waals surface area contributed by atoms with Crippen LogP contribution in [0, 0.1) is 0 Å². The number of benzene rings is 1. The van der Waals surface area contributed by atoms with Gasteiger partial charge in [-0.3, -0.25) is 9.59 Å². The smallest absolute Gasteiger partial charge is 0.306 e. The minimum atomic E-state index is -1.46. The van der Waals surface area contributed by atoms with Crippen molar-refractivity contribution in [2.24, 2.45) is 0 Å². The van der Waals surface area contributed by atoms with Gasteiger partial charge in [-0.15, -0.1) is 0 Å². The Bertz CT molecular complexity index is 555. The van der Waals surface area contributed by atoms with E-state index in [0.717, 1.165) is 30.6 Å². The van der Waals surface area contributed by atoms with Crippen LogP contribution < -0.4 is 10.6 Å². The van der Waals surface area contributed by atoms with Crippen molar-refractivity contribution in [1.82, 2.24) is 10.6 Å². The van der Waals surface area contributed by atoms with E-state index < -0.39 is 18.0 Å². The van der Waals surface area contributed by atoms with Crippen molar-refractivity contribution < 1.29 is 19.8 Å². The Hall–Kier alpha value is -1.92. The predicted octanol–water partition coefficient (Wildman–Crippen LogP) is 0.288. The Kier molecular flexibility index (Phi) is 4.59. The number of carboxylic acids is 1. The molecule has 0 radical (unpaired) electrons. The van der Waals surface area contributed by atoms with Crippen LogP contribution in [0.1, 0.15) is 34.8 Å². The van der Waals surface area contributed by atoms with Crippen LogP contribution in [0.5, 0.6) is 0 Å². The Morgan fingerprint density at radius 3 is 2.90 bits per heavy atom. The van der Waals surface area contributed by atoms with E-state index in [2.05, 4.69) is 10.6 Å². The van der Waals surface area contributed by atoms with Crippen molar-refractivity contribution in [2.45, 2.75) is 31.9 Å². The van der Waals surface area contributed by atoms with E-state index in [9.17, 15) is 14.7 Å². The second-order valence-electron chi connectivity index (χ2n) is 5.62. The fourth-order valence-electron chi connectivity index (χ4n) is 2.50. The number of carbonyl (C=O) groups is 2. The summed E-state index contributed by atoms with van der Waals surface area (Å²) in [5.74, 6) is -1.38. The van der Waals surface area contributed by atoms with Crippen molar-refractivity contribution in [1.29, 1.82) is 0 Å². The molecule has 1 aromatic rings. The maximum atomic E-state index is 12.3. The molecule has 1 aliphatic rings. The van der Waals surface area contributed by atoms with E-state index in [-0.39, 0.29) is 12.5 Å². The van der Waals surface area contributed by atoms with Crippen LogP contribution in [-0.4, -0.2) is 40.8 Å².